The molecular formula is C19H15N3O2S. The van der Waals surface area contributed by atoms with Crippen LogP contribution in [0.4, 0.5) is 5.69 Å². The van der Waals surface area contributed by atoms with E-state index in [1.54, 1.807) is 6.26 Å². The third-order valence-electron chi connectivity index (χ3n) is 4.15. The van der Waals surface area contributed by atoms with Gasteiger partial charge < -0.3 is 10.3 Å². The summed E-state index contributed by atoms with van der Waals surface area (Å²) >= 11 is -1.12. The first-order valence-electron chi connectivity index (χ1n) is 7.70. The Bertz CT molecular complexity index is 1060. The van der Waals surface area contributed by atoms with E-state index in [2.05, 4.69) is 10.3 Å². The van der Waals surface area contributed by atoms with Crippen molar-refractivity contribution in [2.24, 2.45) is 0 Å². The lowest BCUT2D eigenvalue weighted by Gasteiger charge is -2.12. The van der Waals surface area contributed by atoms with Gasteiger partial charge in [0.15, 0.2) is 4.90 Å². The molecule has 1 unspecified atom stereocenters. The maximum absolute atomic E-state index is 12.1. The van der Waals surface area contributed by atoms with Crippen LogP contribution < -0.4 is 5.73 Å². The fourth-order valence-electron chi connectivity index (χ4n) is 2.98. The van der Waals surface area contributed by atoms with Crippen molar-refractivity contribution in [2.45, 2.75) is 4.90 Å². The molecule has 0 saturated carbocycles. The Labute approximate surface area is 147 Å². The van der Waals surface area contributed by atoms with E-state index >= 15 is 0 Å². The van der Waals surface area contributed by atoms with Gasteiger partial charge in [0.1, 0.15) is 17.3 Å². The lowest BCUT2D eigenvalue weighted by molar-refractivity contribution is 0.315. The molecular weight excluding hydrogens is 334 g/mol. The molecule has 0 radical (unpaired) electrons. The van der Waals surface area contributed by atoms with Gasteiger partial charge in [-0.2, -0.15) is 0 Å². The minimum Gasteiger partial charge on any atom is -0.612 e. The first-order chi connectivity index (χ1) is 12.2. The summed E-state index contributed by atoms with van der Waals surface area (Å²) in [4.78, 5) is 0.749. The number of nitrogens with zero attached hydrogens (tertiary/aromatic N) is 2. The van der Waals surface area contributed by atoms with Gasteiger partial charge in [-0.15, -0.1) is 0 Å². The Morgan fingerprint density at radius 1 is 0.800 bits per heavy atom. The Hall–Kier alpha value is -2.83. The van der Waals surface area contributed by atoms with Crippen molar-refractivity contribution < 1.29 is 9.18 Å². The van der Waals surface area contributed by atoms with Crippen molar-refractivity contribution >= 4 is 27.9 Å². The highest BCUT2D eigenvalue weighted by molar-refractivity contribution is 7.90. The van der Waals surface area contributed by atoms with Crippen LogP contribution in [0.2, 0.25) is 0 Å². The van der Waals surface area contributed by atoms with Crippen LogP contribution in [0.3, 0.4) is 0 Å². The maximum Gasteiger partial charge on any atom is 0.160 e. The Kier molecular flexibility index (Phi) is 3.91. The van der Waals surface area contributed by atoms with Gasteiger partial charge in [-0.25, -0.2) is 4.63 Å². The molecule has 0 spiro atoms. The van der Waals surface area contributed by atoms with Gasteiger partial charge in [0.25, 0.3) is 0 Å². The summed E-state index contributed by atoms with van der Waals surface area (Å²) in [7, 11) is 0. The second kappa shape index (κ2) is 6.23. The van der Waals surface area contributed by atoms with Crippen LogP contribution in [0.1, 0.15) is 0 Å². The summed E-state index contributed by atoms with van der Waals surface area (Å²) < 4.78 is 17.1. The minimum atomic E-state index is -1.12. The largest absolute Gasteiger partial charge is 0.612 e. The molecule has 0 aliphatic heterocycles. The van der Waals surface area contributed by atoms with Crippen LogP contribution >= 0.6 is 0 Å². The summed E-state index contributed by atoms with van der Waals surface area (Å²) in [6.45, 7) is 0. The summed E-state index contributed by atoms with van der Waals surface area (Å²) in [5.74, 6) is 0. The van der Waals surface area contributed by atoms with E-state index in [0.29, 0.717) is 16.7 Å². The number of aromatic nitrogens is 2. The number of benzene rings is 3. The van der Waals surface area contributed by atoms with Crippen molar-refractivity contribution in [1.82, 2.24) is 10.3 Å². The smallest absolute Gasteiger partial charge is 0.160 e. The molecule has 4 rings (SSSR count). The zero-order valence-corrected chi connectivity index (χ0v) is 14.3. The Balaban J connectivity index is 1.98. The number of para-hydroxylation sites is 1. The summed E-state index contributed by atoms with van der Waals surface area (Å²) in [5, 5.41) is 8.16. The first kappa shape index (κ1) is 15.7. The maximum atomic E-state index is 12.1. The third-order valence-corrected chi connectivity index (χ3v) is 5.13. The molecule has 4 aromatic rings. The number of hydrogen-bond donors (Lipinski definition) is 1. The molecule has 0 aliphatic carbocycles. The van der Waals surface area contributed by atoms with Crippen LogP contribution in [0, 0.1) is 0 Å². The zero-order chi connectivity index (χ0) is 17.4. The van der Waals surface area contributed by atoms with Gasteiger partial charge in [0.05, 0.1) is 0 Å². The average Bonchev–Trinajstić information content (AvgIpc) is 3.11. The molecule has 3 aromatic carbocycles. The molecule has 25 heavy (non-hydrogen) atoms. The molecule has 0 saturated heterocycles. The van der Waals surface area contributed by atoms with Crippen LogP contribution in [0.15, 0.2) is 70.2 Å². The lowest BCUT2D eigenvalue weighted by Crippen LogP contribution is -2.00. The molecule has 0 bridgehead atoms. The second-order valence-electron chi connectivity index (χ2n) is 5.66. The molecule has 0 amide bonds. The van der Waals surface area contributed by atoms with Crippen LogP contribution in [0.25, 0.3) is 33.3 Å². The Morgan fingerprint density at radius 3 is 2.00 bits per heavy atom. The van der Waals surface area contributed by atoms with Crippen molar-refractivity contribution in [3.63, 3.8) is 0 Å². The standard InChI is InChI=1S/C19H15N3O2S/c1-25(23)17-9-5-3-7-13(17)15-11-10-14(18-19(15)22-24-21-18)12-6-2-4-8-16(12)20/h2-11H,20H2,1H3. The number of rotatable bonds is 3. The number of anilines is 1. The van der Waals surface area contributed by atoms with Gasteiger partial charge in [-0.1, -0.05) is 42.5 Å². The summed E-state index contributed by atoms with van der Waals surface area (Å²) in [5.41, 5.74) is 11.4. The lowest BCUT2D eigenvalue weighted by atomic mass is 9.97. The average molecular weight is 349 g/mol. The van der Waals surface area contributed by atoms with Crippen LogP contribution in [-0.2, 0) is 11.2 Å². The van der Waals surface area contributed by atoms with Crippen LogP contribution in [-0.4, -0.2) is 21.1 Å². The molecule has 124 valence electrons. The van der Waals surface area contributed by atoms with Gasteiger partial charge in [-0.3, -0.25) is 0 Å². The van der Waals surface area contributed by atoms with E-state index in [4.69, 9.17) is 10.4 Å². The van der Waals surface area contributed by atoms with E-state index in [1.807, 2.05) is 60.7 Å². The highest BCUT2D eigenvalue weighted by atomic mass is 32.2. The highest BCUT2D eigenvalue weighted by Gasteiger charge is 2.20. The number of fused-ring (bicyclic) bond motifs is 1. The molecule has 1 atom stereocenters. The number of hydrogen-bond acceptors (Lipinski definition) is 5. The molecule has 6 heteroatoms. The Morgan fingerprint density at radius 2 is 1.36 bits per heavy atom. The monoisotopic (exact) mass is 349 g/mol. The summed E-state index contributed by atoms with van der Waals surface area (Å²) in [6.07, 6.45) is 1.66. The van der Waals surface area contributed by atoms with E-state index in [9.17, 15) is 4.55 Å². The van der Waals surface area contributed by atoms with E-state index in [-0.39, 0.29) is 0 Å². The van der Waals surface area contributed by atoms with Gasteiger partial charge in [0, 0.05) is 27.9 Å². The third kappa shape index (κ3) is 2.65. The van der Waals surface area contributed by atoms with Crippen molar-refractivity contribution in [3.05, 3.63) is 60.7 Å². The number of nitrogens with two attached hydrogens (primary N) is 1. The molecule has 1 aromatic heterocycles. The van der Waals surface area contributed by atoms with Crippen molar-refractivity contribution in [3.8, 4) is 22.3 Å². The van der Waals surface area contributed by atoms with Crippen molar-refractivity contribution in [1.29, 1.82) is 0 Å². The molecule has 0 fully saturated rings. The van der Waals surface area contributed by atoms with Gasteiger partial charge >= 0.3 is 0 Å². The van der Waals surface area contributed by atoms with Crippen molar-refractivity contribution in [2.75, 3.05) is 12.0 Å². The minimum absolute atomic E-state index is 0.624. The van der Waals surface area contributed by atoms with E-state index in [0.717, 1.165) is 27.1 Å². The first-order valence-corrected chi connectivity index (χ1v) is 9.25. The molecule has 0 aliphatic rings. The van der Waals surface area contributed by atoms with E-state index in [1.165, 1.54) is 0 Å². The fraction of sp³-hybridized carbons (Fsp3) is 0.0526. The SMILES string of the molecule is C[S+]([O-])c1ccccc1-c1ccc(-c2ccccc2N)c2nonc12. The van der Waals surface area contributed by atoms with Gasteiger partial charge in [0.2, 0.25) is 0 Å². The normalized spacial score (nSPS) is 12.4. The number of nitrogen functional groups attached to an aromatic ring is 1. The second-order valence-corrected chi connectivity index (χ2v) is 7.01. The molecule has 1 heterocycles. The van der Waals surface area contributed by atoms with Crippen LogP contribution in [0.5, 0.6) is 0 Å². The molecule has 2 N–H and O–H groups in total. The predicted molar refractivity (Wildman–Crippen MR) is 99.4 cm³/mol. The van der Waals surface area contributed by atoms with Gasteiger partial charge in [-0.05, 0) is 39.7 Å². The zero-order valence-electron chi connectivity index (χ0n) is 13.5. The van der Waals surface area contributed by atoms with E-state index < -0.39 is 11.2 Å². The highest BCUT2D eigenvalue weighted by Crippen LogP contribution is 2.37. The molecule has 5 nitrogen and oxygen atoms in total. The fourth-order valence-corrected chi connectivity index (χ4v) is 3.74. The predicted octanol–water partition coefficient (Wildman–Crippen LogP) is 3.88. The summed E-state index contributed by atoms with van der Waals surface area (Å²) in [6, 6.07) is 19.1. The quantitative estimate of drug-likeness (QED) is 0.448. The topological polar surface area (TPSA) is 88.0 Å².